The molecule has 0 aromatic heterocycles. The van der Waals surface area contributed by atoms with Crippen molar-refractivity contribution in [3.63, 3.8) is 0 Å². The Labute approximate surface area is 121 Å². The van der Waals surface area contributed by atoms with Crippen molar-refractivity contribution >= 4 is 17.8 Å². The Balaban J connectivity index is 1.76. The lowest BCUT2D eigenvalue weighted by Crippen LogP contribution is -2.66. The highest BCUT2D eigenvalue weighted by molar-refractivity contribution is 6.05. The Bertz CT molecular complexity index is 534. The molecule has 1 fully saturated rings. The quantitative estimate of drug-likeness (QED) is 0.305. The van der Waals surface area contributed by atoms with Crippen LogP contribution in [-0.4, -0.2) is 30.4 Å². The third-order valence-corrected chi connectivity index (χ3v) is 3.05. The molecule has 1 aliphatic heterocycles. The first-order chi connectivity index (χ1) is 10.1. The van der Waals surface area contributed by atoms with Gasteiger partial charge in [-0.15, -0.1) is 0 Å². The van der Waals surface area contributed by atoms with Gasteiger partial charge in [-0.2, -0.15) is 0 Å². The maximum absolute atomic E-state index is 11.8. The third-order valence-electron chi connectivity index (χ3n) is 3.05. The van der Waals surface area contributed by atoms with Crippen LogP contribution in [0, 0.1) is 5.92 Å². The van der Waals surface area contributed by atoms with Gasteiger partial charge in [0.15, 0.2) is 0 Å². The minimum absolute atomic E-state index is 0.0951. The first-order valence-corrected chi connectivity index (χ1v) is 6.37. The molecule has 21 heavy (non-hydrogen) atoms. The molecule has 0 bridgehead atoms. The SMILES string of the molecule is NC(=O)NCC1NC(=O)C1C(=O)NOCc1ccccc1. The average molecular weight is 292 g/mol. The zero-order valence-electron chi connectivity index (χ0n) is 11.2. The molecule has 0 aliphatic carbocycles. The molecular weight excluding hydrogens is 276 g/mol. The monoisotopic (exact) mass is 292 g/mol. The molecule has 1 aliphatic rings. The number of hydroxylamine groups is 1. The summed E-state index contributed by atoms with van der Waals surface area (Å²) < 4.78 is 0. The predicted molar refractivity (Wildman–Crippen MR) is 72.4 cm³/mol. The molecule has 1 aromatic rings. The summed E-state index contributed by atoms with van der Waals surface area (Å²) in [7, 11) is 0. The van der Waals surface area contributed by atoms with Crippen molar-refractivity contribution in [3.05, 3.63) is 35.9 Å². The smallest absolute Gasteiger partial charge is 0.312 e. The highest BCUT2D eigenvalue weighted by Gasteiger charge is 2.44. The van der Waals surface area contributed by atoms with Gasteiger partial charge >= 0.3 is 6.03 Å². The zero-order valence-corrected chi connectivity index (χ0v) is 11.2. The van der Waals surface area contributed by atoms with Crippen molar-refractivity contribution in [2.75, 3.05) is 6.54 Å². The second-order valence-electron chi connectivity index (χ2n) is 4.58. The molecule has 5 N–H and O–H groups in total. The number of nitrogens with two attached hydrogens (primary N) is 1. The topological polar surface area (TPSA) is 123 Å². The molecule has 112 valence electrons. The van der Waals surface area contributed by atoms with Crippen LogP contribution in [0.4, 0.5) is 4.79 Å². The van der Waals surface area contributed by atoms with Crippen LogP contribution in [0.25, 0.3) is 0 Å². The van der Waals surface area contributed by atoms with Gasteiger partial charge in [-0.05, 0) is 5.56 Å². The van der Waals surface area contributed by atoms with Crippen LogP contribution >= 0.6 is 0 Å². The molecule has 1 aromatic carbocycles. The van der Waals surface area contributed by atoms with Gasteiger partial charge in [0.25, 0.3) is 5.91 Å². The van der Waals surface area contributed by atoms with Crippen LogP contribution in [0.3, 0.4) is 0 Å². The lowest BCUT2D eigenvalue weighted by molar-refractivity contribution is -0.152. The third kappa shape index (κ3) is 3.93. The second-order valence-corrected chi connectivity index (χ2v) is 4.58. The van der Waals surface area contributed by atoms with E-state index < -0.39 is 29.8 Å². The van der Waals surface area contributed by atoms with Gasteiger partial charge in [0.1, 0.15) is 5.92 Å². The molecule has 8 nitrogen and oxygen atoms in total. The maximum Gasteiger partial charge on any atom is 0.312 e. The van der Waals surface area contributed by atoms with E-state index in [4.69, 9.17) is 10.6 Å². The van der Waals surface area contributed by atoms with E-state index in [2.05, 4.69) is 16.1 Å². The summed E-state index contributed by atoms with van der Waals surface area (Å²) in [6.45, 7) is 0.295. The van der Waals surface area contributed by atoms with Crippen LogP contribution in [0.15, 0.2) is 30.3 Å². The molecular formula is C13H16N4O4. The van der Waals surface area contributed by atoms with Gasteiger partial charge in [0.05, 0.1) is 12.6 Å². The lowest BCUT2D eigenvalue weighted by Gasteiger charge is -2.35. The average Bonchev–Trinajstić information content (AvgIpc) is 2.44. The fraction of sp³-hybridized carbons (Fsp3) is 0.308. The second kappa shape index (κ2) is 6.71. The number of rotatable bonds is 6. The van der Waals surface area contributed by atoms with E-state index in [1.54, 1.807) is 0 Å². The van der Waals surface area contributed by atoms with Crippen molar-refractivity contribution in [2.24, 2.45) is 11.7 Å². The van der Waals surface area contributed by atoms with Crippen LogP contribution in [0.5, 0.6) is 0 Å². The van der Waals surface area contributed by atoms with Gasteiger partial charge < -0.3 is 16.4 Å². The summed E-state index contributed by atoms with van der Waals surface area (Å²) in [4.78, 5) is 38.9. The highest BCUT2D eigenvalue weighted by Crippen LogP contribution is 2.14. The fourth-order valence-corrected chi connectivity index (χ4v) is 1.95. The summed E-state index contributed by atoms with van der Waals surface area (Å²) in [5.41, 5.74) is 8.06. The van der Waals surface area contributed by atoms with Gasteiger partial charge in [-0.1, -0.05) is 30.3 Å². The number of hydrogen-bond acceptors (Lipinski definition) is 4. The van der Waals surface area contributed by atoms with Crippen molar-refractivity contribution in [3.8, 4) is 0 Å². The van der Waals surface area contributed by atoms with Gasteiger partial charge in [0.2, 0.25) is 5.91 Å². The van der Waals surface area contributed by atoms with Crippen molar-refractivity contribution in [2.45, 2.75) is 12.6 Å². The van der Waals surface area contributed by atoms with Crippen molar-refractivity contribution in [1.82, 2.24) is 16.1 Å². The molecule has 1 heterocycles. The normalized spacial score (nSPS) is 20.1. The molecule has 4 amide bonds. The van der Waals surface area contributed by atoms with E-state index in [0.717, 1.165) is 5.56 Å². The number of urea groups is 1. The number of β-lactam (4-membered cyclic amide) rings is 1. The summed E-state index contributed by atoms with van der Waals surface area (Å²) in [6, 6.07) is 8.08. The summed E-state index contributed by atoms with van der Waals surface area (Å²) in [5, 5.41) is 4.85. The molecule has 0 saturated carbocycles. The first-order valence-electron chi connectivity index (χ1n) is 6.37. The number of hydrogen-bond donors (Lipinski definition) is 4. The van der Waals surface area contributed by atoms with E-state index in [9.17, 15) is 14.4 Å². The van der Waals surface area contributed by atoms with Crippen molar-refractivity contribution < 1.29 is 19.2 Å². The Kier molecular flexibility index (Phi) is 4.72. The first kappa shape index (κ1) is 14.8. The number of benzene rings is 1. The number of amides is 4. The Morgan fingerprint density at radius 3 is 2.62 bits per heavy atom. The Morgan fingerprint density at radius 2 is 2.00 bits per heavy atom. The predicted octanol–water partition coefficient (Wildman–Crippen LogP) is -0.983. The van der Waals surface area contributed by atoms with E-state index in [-0.39, 0.29) is 13.2 Å². The fourth-order valence-electron chi connectivity index (χ4n) is 1.95. The number of nitrogens with one attached hydrogen (secondary N) is 3. The molecule has 2 atom stereocenters. The van der Waals surface area contributed by atoms with E-state index >= 15 is 0 Å². The standard InChI is InChI=1S/C13H16N4O4/c14-13(20)15-6-9-10(11(18)16-9)12(19)17-21-7-8-4-2-1-3-5-8/h1-5,9-10H,6-7H2,(H,16,18)(H,17,19)(H3,14,15,20). The van der Waals surface area contributed by atoms with Gasteiger partial charge in [-0.3, -0.25) is 14.4 Å². The van der Waals surface area contributed by atoms with E-state index in [1.165, 1.54) is 0 Å². The van der Waals surface area contributed by atoms with Crippen LogP contribution in [0.2, 0.25) is 0 Å². The van der Waals surface area contributed by atoms with Gasteiger partial charge in [-0.25, -0.2) is 10.3 Å². The molecule has 8 heteroatoms. The number of carbonyl (C=O) groups is 3. The summed E-state index contributed by atoms with van der Waals surface area (Å²) >= 11 is 0. The molecule has 1 saturated heterocycles. The molecule has 0 spiro atoms. The van der Waals surface area contributed by atoms with Crippen LogP contribution in [-0.2, 0) is 21.0 Å². The molecule has 2 rings (SSSR count). The van der Waals surface area contributed by atoms with Gasteiger partial charge in [0, 0.05) is 6.54 Å². The molecule has 0 radical (unpaired) electrons. The number of primary amides is 1. The van der Waals surface area contributed by atoms with Crippen LogP contribution < -0.4 is 21.8 Å². The Hall–Kier alpha value is -2.61. The summed E-state index contributed by atoms with van der Waals surface area (Å²) in [5.74, 6) is -1.86. The molecule has 2 unspecified atom stereocenters. The lowest BCUT2D eigenvalue weighted by atomic mass is 9.90. The largest absolute Gasteiger partial charge is 0.352 e. The van der Waals surface area contributed by atoms with E-state index in [0.29, 0.717) is 0 Å². The maximum atomic E-state index is 11.8. The minimum Gasteiger partial charge on any atom is -0.352 e. The van der Waals surface area contributed by atoms with Crippen LogP contribution in [0.1, 0.15) is 5.56 Å². The number of carbonyl (C=O) groups excluding carboxylic acids is 3. The minimum atomic E-state index is -0.896. The highest BCUT2D eigenvalue weighted by atomic mass is 16.6. The summed E-state index contributed by atoms with van der Waals surface area (Å²) in [6.07, 6.45) is 0. The van der Waals surface area contributed by atoms with Crippen molar-refractivity contribution in [1.29, 1.82) is 0 Å². The zero-order chi connectivity index (χ0) is 15.2. The Morgan fingerprint density at radius 1 is 1.29 bits per heavy atom. The van der Waals surface area contributed by atoms with E-state index in [1.807, 2.05) is 30.3 Å².